The second-order valence-corrected chi connectivity index (χ2v) is 9.53. The van der Waals surface area contributed by atoms with Crippen molar-refractivity contribution in [3.8, 4) is 0 Å². The summed E-state index contributed by atoms with van der Waals surface area (Å²) in [4.78, 5) is 0. The summed E-state index contributed by atoms with van der Waals surface area (Å²) in [6.45, 7) is 4.17. The molecule has 5 heteroatoms. The smallest absolute Gasteiger partial charge is 0.267 e. The second-order valence-electron chi connectivity index (χ2n) is 7.83. The van der Waals surface area contributed by atoms with Gasteiger partial charge in [-0.2, -0.15) is 8.42 Å². The molecule has 0 saturated heterocycles. The van der Waals surface area contributed by atoms with E-state index in [0.717, 1.165) is 51.4 Å². The van der Waals surface area contributed by atoms with E-state index in [9.17, 15) is 18.1 Å². The summed E-state index contributed by atoms with van der Waals surface area (Å²) in [7, 11) is -3.88. The molecule has 0 aromatic rings. The van der Waals surface area contributed by atoms with Gasteiger partial charge in [0.05, 0.1) is 11.4 Å². The topological polar surface area (TPSA) is 74.6 Å². The van der Waals surface area contributed by atoms with Crippen LogP contribution in [0.1, 0.15) is 123 Å². The predicted octanol–water partition coefficient (Wildman–Crippen LogP) is 6.28. The summed E-state index contributed by atoms with van der Waals surface area (Å²) in [5, 5.41) is 9.40. The van der Waals surface area contributed by atoms with Crippen LogP contribution in [0.4, 0.5) is 0 Å². The standard InChI is InChI=1S/C21H44O4S/c1-3-5-6-10-13-17-20(22)18-14-11-8-7-9-12-15-19-21(16-4-2)26(23,24)25/h20-22H,3-19H2,1-2H3,(H,23,24,25). The van der Waals surface area contributed by atoms with E-state index in [4.69, 9.17) is 0 Å². The third kappa shape index (κ3) is 16.1. The van der Waals surface area contributed by atoms with Gasteiger partial charge in [0, 0.05) is 0 Å². The van der Waals surface area contributed by atoms with Crippen molar-refractivity contribution >= 4 is 10.1 Å². The zero-order valence-corrected chi connectivity index (χ0v) is 18.1. The summed E-state index contributed by atoms with van der Waals surface area (Å²) >= 11 is 0. The van der Waals surface area contributed by atoms with Gasteiger partial charge in [-0.1, -0.05) is 97.3 Å². The summed E-state index contributed by atoms with van der Waals surface area (Å²) in [6.07, 6.45) is 17.7. The van der Waals surface area contributed by atoms with Crippen LogP contribution in [-0.2, 0) is 10.1 Å². The van der Waals surface area contributed by atoms with E-state index in [2.05, 4.69) is 6.92 Å². The van der Waals surface area contributed by atoms with Gasteiger partial charge in [-0.05, 0) is 25.7 Å². The van der Waals surface area contributed by atoms with Crippen molar-refractivity contribution in [1.29, 1.82) is 0 Å². The van der Waals surface area contributed by atoms with E-state index in [0.29, 0.717) is 12.8 Å². The van der Waals surface area contributed by atoms with Crippen LogP contribution in [-0.4, -0.2) is 29.4 Å². The van der Waals surface area contributed by atoms with Crippen LogP contribution in [0.15, 0.2) is 0 Å². The molecular weight excluding hydrogens is 348 g/mol. The quantitative estimate of drug-likeness (QED) is 0.200. The number of rotatable bonds is 19. The Hall–Kier alpha value is -0.130. The first-order chi connectivity index (χ1) is 12.4. The first-order valence-electron chi connectivity index (χ1n) is 11.1. The van der Waals surface area contributed by atoms with Crippen LogP contribution < -0.4 is 0 Å². The van der Waals surface area contributed by atoms with Crippen LogP contribution >= 0.6 is 0 Å². The van der Waals surface area contributed by atoms with Crippen molar-refractivity contribution in [2.24, 2.45) is 0 Å². The Morgan fingerprint density at radius 1 is 0.615 bits per heavy atom. The lowest BCUT2D eigenvalue weighted by atomic mass is 10.0. The monoisotopic (exact) mass is 392 g/mol. The van der Waals surface area contributed by atoms with E-state index < -0.39 is 15.4 Å². The molecule has 0 saturated carbocycles. The second kappa shape index (κ2) is 17.0. The van der Waals surface area contributed by atoms with Gasteiger partial charge < -0.3 is 5.11 Å². The van der Waals surface area contributed by atoms with Crippen LogP contribution in [0, 0.1) is 0 Å². The first kappa shape index (κ1) is 25.9. The molecule has 0 aliphatic rings. The summed E-state index contributed by atoms with van der Waals surface area (Å²) in [5.41, 5.74) is 0. The molecule has 158 valence electrons. The Morgan fingerprint density at radius 2 is 1.04 bits per heavy atom. The lowest BCUT2D eigenvalue weighted by Gasteiger charge is -2.12. The molecule has 0 spiro atoms. The number of hydrogen-bond donors (Lipinski definition) is 2. The molecule has 0 rings (SSSR count). The molecule has 0 heterocycles. The summed E-state index contributed by atoms with van der Waals surface area (Å²) < 4.78 is 31.7. The molecule has 2 atom stereocenters. The van der Waals surface area contributed by atoms with Crippen molar-refractivity contribution in [2.45, 2.75) is 134 Å². The maximum Gasteiger partial charge on any atom is 0.267 e. The predicted molar refractivity (Wildman–Crippen MR) is 111 cm³/mol. The maximum atomic E-state index is 11.3. The number of unbranched alkanes of at least 4 members (excludes halogenated alkanes) is 10. The molecule has 0 fully saturated rings. The molecule has 2 unspecified atom stereocenters. The molecule has 0 radical (unpaired) electrons. The van der Waals surface area contributed by atoms with Crippen LogP contribution in [0.5, 0.6) is 0 Å². The molecule has 0 aromatic heterocycles. The molecule has 0 aliphatic heterocycles. The Balaban J connectivity index is 3.45. The Morgan fingerprint density at radius 3 is 1.46 bits per heavy atom. The van der Waals surface area contributed by atoms with Crippen molar-refractivity contribution in [3.63, 3.8) is 0 Å². The Kier molecular flexibility index (Phi) is 16.9. The third-order valence-electron chi connectivity index (χ3n) is 5.24. The fourth-order valence-electron chi connectivity index (χ4n) is 3.53. The van der Waals surface area contributed by atoms with Crippen molar-refractivity contribution in [2.75, 3.05) is 0 Å². The first-order valence-corrected chi connectivity index (χ1v) is 12.6. The van der Waals surface area contributed by atoms with Crippen molar-refractivity contribution < 1.29 is 18.1 Å². The molecule has 2 N–H and O–H groups in total. The van der Waals surface area contributed by atoms with E-state index >= 15 is 0 Å². The fourth-order valence-corrected chi connectivity index (χ4v) is 4.53. The van der Waals surface area contributed by atoms with Gasteiger partial charge in [-0.3, -0.25) is 4.55 Å². The van der Waals surface area contributed by atoms with Gasteiger partial charge in [-0.25, -0.2) is 0 Å². The van der Waals surface area contributed by atoms with Gasteiger partial charge in [0.25, 0.3) is 10.1 Å². The highest BCUT2D eigenvalue weighted by atomic mass is 32.2. The molecule has 0 bridgehead atoms. The van der Waals surface area contributed by atoms with Crippen LogP contribution in [0.3, 0.4) is 0 Å². The third-order valence-corrected chi connectivity index (χ3v) is 6.55. The average Bonchev–Trinajstić information content (AvgIpc) is 2.58. The zero-order valence-electron chi connectivity index (χ0n) is 17.3. The lowest BCUT2D eigenvalue weighted by Crippen LogP contribution is -2.20. The Labute approximate surface area is 162 Å². The molecule has 26 heavy (non-hydrogen) atoms. The minimum Gasteiger partial charge on any atom is -0.393 e. The number of aliphatic hydroxyl groups excluding tert-OH is 1. The SMILES string of the molecule is CCCCCCCC(O)CCCCCCCCCC(CCC)S(=O)(=O)O. The number of aliphatic hydroxyl groups is 1. The van der Waals surface area contributed by atoms with Gasteiger partial charge in [0.1, 0.15) is 0 Å². The highest BCUT2D eigenvalue weighted by molar-refractivity contribution is 7.86. The van der Waals surface area contributed by atoms with Crippen molar-refractivity contribution in [1.82, 2.24) is 0 Å². The minimum atomic E-state index is -3.88. The maximum absolute atomic E-state index is 11.3. The van der Waals surface area contributed by atoms with Gasteiger partial charge >= 0.3 is 0 Å². The molecule has 4 nitrogen and oxygen atoms in total. The molecule has 0 aromatic carbocycles. The highest BCUT2D eigenvalue weighted by Gasteiger charge is 2.20. The van der Waals surface area contributed by atoms with E-state index in [1.165, 1.54) is 44.9 Å². The van der Waals surface area contributed by atoms with Gasteiger partial charge in [0.2, 0.25) is 0 Å². The van der Waals surface area contributed by atoms with E-state index in [-0.39, 0.29) is 6.10 Å². The average molecular weight is 393 g/mol. The largest absolute Gasteiger partial charge is 0.393 e. The van der Waals surface area contributed by atoms with E-state index in [1.54, 1.807) is 0 Å². The minimum absolute atomic E-state index is 0.118. The molecule has 0 amide bonds. The van der Waals surface area contributed by atoms with Crippen LogP contribution in [0.25, 0.3) is 0 Å². The Bertz CT molecular complexity index is 395. The summed E-state index contributed by atoms with van der Waals surface area (Å²) in [6, 6.07) is 0. The van der Waals surface area contributed by atoms with Crippen molar-refractivity contribution in [3.05, 3.63) is 0 Å². The highest BCUT2D eigenvalue weighted by Crippen LogP contribution is 2.18. The van der Waals surface area contributed by atoms with E-state index in [1.807, 2.05) is 6.92 Å². The van der Waals surface area contributed by atoms with Gasteiger partial charge in [0.15, 0.2) is 0 Å². The molecule has 0 aliphatic carbocycles. The van der Waals surface area contributed by atoms with Gasteiger partial charge in [-0.15, -0.1) is 0 Å². The zero-order chi connectivity index (χ0) is 19.7. The normalized spacial score (nSPS) is 14.5. The fraction of sp³-hybridized carbons (Fsp3) is 1.00. The summed E-state index contributed by atoms with van der Waals surface area (Å²) in [5.74, 6) is 0. The van der Waals surface area contributed by atoms with Crippen LogP contribution in [0.2, 0.25) is 0 Å². The number of hydrogen-bond acceptors (Lipinski definition) is 3. The lowest BCUT2D eigenvalue weighted by molar-refractivity contribution is 0.147. The molecular formula is C21H44O4S.